The average molecular weight is 931 g/mol. The second-order valence-electron chi connectivity index (χ2n) is 26.4. The van der Waals surface area contributed by atoms with Crippen LogP contribution in [0.3, 0.4) is 0 Å². The maximum absolute atomic E-state index is 7.27. The number of nitrogens with zero attached hydrogens (tertiary/aromatic N) is 2. The molecule has 14 rings (SSSR count). The van der Waals surface area contributed by atoms with Crippen molar-refractivity contribution in [2.75, 3.05) is 9.71 Å². The molecule has 356 valence electrons. The highest BCUT2D eigenvalue weighted by atomic mass is 16.3. The van der Waals surface area contributed by atoms with Gasteiger partial charge in [-0.1, -0.05) is 138 Å². The molecule has 5 aliphatic rings. The molecule has 0 bridgehead atoms. The van der Waals surface area contributed by atoms with Gasteiger partial charge in [0.25, 0.3) is 0 Å². The van der Waals surface area contributed by atoms with Crippen molar-refractivity contribution >= 4 is 90.1 Å². The van der Waals surface area contributed by atoms with E-state index < -0.39 is 0 Å². The van der Waals surface area contributed by atoms with Crippen LogP contribution in [0.25, 0.3) is 55.0 Å². The predicted octanol–water partition coefficient (Wildman–Crippen LogP) is 17.2. The van der Waals surface area contributed by atoms with E-state index in [-0.39, 0.29) is 39.3 Å². The van der Waals surface area contributed by atoms with Crippen LogP contribution < -0.4 is 20.6 Å². The van der Waals surface area contributed by atoms with Crippen molar-refractivity contribution in [3.05, 3.63) is 149 Å². The lowest BCUT2D eigenvalue weighted by atomic mass is 9.42. The van der Waals surface area contributed by atoms with Gasteiger partial charge in [-0.15, -0.1) is 0 Å². The molecule has 2 aromatic heterocycles. The van der Waals surface area contributed by atoms with E-state index in [1.807, 2.05) is 0 Å². The van der Waals surface area contributed by atoms with E-state index >= 15 is 0 Å². The van der Waals surface area contributed by atoms with Crippen molar-refractivity contribution in [2.24, 2.45) is 0 Å². The highest BCUT2D eigenvalue weighted by Crippen LogP contribution is 2.57. The van der Waals surface area contributed by atoms with Gasteiger partial charge in [-0.05, 0) is 176 Å². The maximum atomic E-state index is 7.27. The summed E-state index contributed by atoms with van der Waals surface area (Å²) in [5, 5.41) is 4.58. The Balaban J connectivity index is 1.19. The van der Waals surface area contributed by atoms with Gasteiger partial charge in [-0.25, -0.2) is 0 Å². The van der Waals surface area contributed by atoms with Gasteiger partial charge in [0.05, 0.1) is 5.39 Å². The van der Waals surface area contributed by atoms with Crippen LogP contribution in [0.2, 0.25) is 0 Å². The van der Waals surface area contributed by atoms with E-state index in [4.69, 9.17) is 8.83 Å². The summed E-state index contributed by atoms with van der Waals surface area (Å²) in [6.45, 7) is 29.4. The Morgan fingerprint density at radius 3 is 1.55 bits per heavy atom. The Bertz CT molecular complexity index is 3810. The number of hydrogen-bond donors (Lipinski definition) is 0. The first-order chi connectivity index (χ1) is 33.7. The van der Waals surface area contributed by atoms with Crippen LogP contribution in [0.4, 0.5) is 28.4 Å². The Labute approximate surface area is 420 Å². The van der Waals surface area contributed by atoms with Gasteiger partial charge in [0.2, 0.25) is 0 Å². The summed E-state index contributed by atoms with van der Waals surface area (Å²) in [6.07, 6.45) is 6.94. The molecule has 9 aromatic rings. The standard InChI is InChI=1S/C66H67BN2O2/c1-61(2)27-29-63(5,6)46-33-38(21-24-44(46)61)68-51-37-49-48(65(9,10)31-32-66(49,11)12)36-50(51)67-58-52(68)35-43-40-17-13-15-19-53(40)71-60(43)57(58)42-23-26-55-56(41-18-14-16-20-54(41)70-55)59(42)69(67)39-22-25-45-47(34-39)64(7,8)30-28-62(45,3)4/h13-26,33-37H,27-32H2,1-12H3. The number of rotatable bonds is 2. The molecule has 5 heteroatoms. The quantitative estimate of drug-likeness (QED) is 0.162. The maximum Gasteiger partial charge on any atom is 0.333 e. The van der Waals surface area contributed by atoms with Crippen LogP contribution in [0.1, 0.15) is 155 Å². The molecule has 0 radical (unpaired) electrons. The molecule has 7 aromatic carbocycles. The molecular weight excluding hydrogens is 864 g/mol. The molecule has 0 fully saturated rings. The fourth-order valence-corrected chi connectivity index (χ4v) is 14.6. The third-order valence-electron chi connectivity index (χ3n) is 19.2. The Hall–Kier alpha value is -6.20. The largest absolute Gasteiger partial charge is 0.456 e. The zero-order valence-electron chi connectivity index (χ0n) is 44.0. The van der Waals surface area contributed by atoms with Crippen LogP contribution in [-0.2, 0) is 32.5 Å². The van der Waals surface area contributed by atoms with Crippen molar-refractivity contribution < 1.29 is 8.83 Å². The van der Waals surface area contributed by atoms with E-state index in [1.54, 1.807) is 0 Å². The zero-order valence-corrected chi connectivity index (χ0v) is 44.0. The average Bonchev–Trinajstić information content (AvgIpc) is 3.91. The van der Waals surface area contributed by atoms with E-state index in [0.717, 1.165) is 69.6 Å². The van der Waals surface area contributed by atoms with Gasteiger partial charge in [0.1, 0.15) is 22.3 Å². The molecular formula is C66H67BN2O2. The van der Waals surface area contributed by atoms with Crippen molar-refractivity contribution in [3.63, 3.8) is 0 Å². The first-order valence-electron chi connectivity index (χ1n) is 26.7. The van der Waals surface area contributed by atoms with Crippen LogP contribution in [0.5, 0.6) is 0 Å². The molecule has 0 spiro atoms. The molecule has 0 atom stereocenters. The van der Waals surface area contributed by atoms with E-state index in [9.17, 15) is 0 Å². The van der Waals surface area contributed by atoms with Crippen LogP contribution in [0.15, 0.2) is 124 Å². The first-order valence-corrected chi connectivity index (χ1v) is 26.7. The second kappa shape index (κ2) is 13.8. The molecule has 4 heterocycles. The van der Waals surface area contributed by atoms with Gasteiger partial charge in [-0.3, -0.25) is 0 Å². The Kier molecular flexibility index (Phi) is 8.50. The third-order valence-corrected chi connectivity index (χ3v) is 19.2. The van der Waals surface area contributed by atoms with E-state index in [2.05, 4.69) is 208 Å². The van der Waals surface area contributed by atoms with E-state index in [0.29, 0.717) is 0 Å². The highest BCUT2D eigenvalue weighted by molar-refractivity contribution is 6.94. The van der Waals surface area contributed by atoms with Crippen molar-refractivity contribution in [2.45, 2.75) is 154 Å². The molecule has 4 nitrogen and oxygen atoms in total. The highest BCUT2D eigenvalue weighted by Gasteiger charge is 2.51. The lowest BCUT2D eigenvalue weighted by molar-refractivity contribution is 0.332. The Morgan fingerprint density at radius 1 is 0.423 bits per heavy atom. The molecule has 2 aliphatic heterocycles. The first kappa shape index (κ1) is 43.6. The minimum absolute atomic E-state index is 0.00117. The minimum atomic E-state index is -0.201. The van der Waals surface area contributed by atoms with Crippen molar-refractivity contribution in [1.29, 1.82) is 0 Å². The van der Waals surface area contributed by atoms with Crippen LogP contribution >= 0.6 is 0 Å². The smallest absolute Gasteiger partial charge is 0.333 e. The summed E-state index contributed by atoms with van der Waals surface area (Å²) in [7, 11) is 0. The van der Waals surface area contributed by atoms with Crippen LogP contribution in [-0.4, -0.2) is 6.85 Å². The number of para-hydroxylation sites is 2. The van der Waals surface area contributed by atoms with Gasteiger partial charge >= 0.3 is 6.85 Å². The second-order valence-corrected chi connectivity index (χ2v) is 26.4. The molecule has 0 unspecified atom stereocenters. The summed E-state index contributed by atoms with van der Waals surface area (Å²) in [5.74, 6) is 0. The lowest BCUT2D eigenvalue weighted by Gasteiger charge is -2.49. The van der Waals surface area contributed by atoms with Crippen molar-refractivity contribution in [1.82, 2.24) is 0 Å². The number of furan rings is 2. The monoisotopic (exact) mass is 931 g/mol. The fourth-order valence-electron chi connectivity index (χ4n) is 14.6. The number of fused-ring (bicyclic) bond motifs is 15. The van der Waals surface area contributed by atoms with E-state index in [1.165, 1.54) is 96.7 Å². The number of hydrogen-bond acceptors (Lipinski definition) is 4. The Morgan fingerprint density at radius 2 is 0.930 bits per heavy atom. The normalized spacial score (nSPS) is 20.4. The molecule has 0 N–H and O–H groups in total. The summed E-state index contributed by atoms with van der Waals surface area (Å²) < 4.78 is 14.1. The minimum Gasteiger partial charge on any atom is -0.456 e. The fraction of sp³-hybridized carbons (Fsp3) is 0.364. The van der Waals surface area contributed by atoms with Crippen LogP contribution in [0, 0.1) is 0 Å². The summed E-state index contributed by atoms with van der Waals surface area (Å²) in [6, 6.07) is 44.8. The summed E-state index contributed by atoms with van der Waals surface area (Å²) in [5.41, 5.74) is 23.9. The predicted molar refractivity (Wildman–Crippen MR) is 301 cm³/mol. The molecule has 0 amide bonds. The topological polar surface area (TPSA) is 32.8 Å². The lowest BCUT2D eigenvalue weighted by Crippen LogP contribution is -2.62. The van der Waals surface area contributed by atoms with Gasteiger partial charge in [0.15, 0.2) is 0 Å². The summed E-state index contributed by atoms with van der Waals surface area (Å²) in [4.78, 5) is 5.45. The molecule has 3 aliphatic carbocycles. The number of anilines is 5. The van der Waals surface area contributed by atoms with Gasteiger partial charge < -0.3 is 18.5 Å². The molecule has 71 heavy (non-hydrogen) atoms. The molecule has 0 saturated carbocycles. The van der Waals surface area contributed by atoms with Gasteiger partial charge in [0, 0.05) is 55.7 Å². The zero-order chi connectivity index (χ0) is 49.1. The molecule has 0 saturated heterocycles. The number of benzene rings is 7. The SMILES string of the molecule is CC1(C)CCC(C)(C)c2cc(N3B4c5cc6c(cc5N(c5ccc7c(c5)C(C)(C)CCC7(C)C)c5cc7c(oc8ccccc87)c(c54)-c4ccc5oc7ccccc7c5c43)C(C)(C)CCC6(C)C)ccc21. The third kappa shape index (κ3) is 5.87. The summed E-state index contributed by atoms with van der Waals surface area (Å²) >= 11 is 0. The van der Waals surface area contributed by atoms with Gasteiger partial charge in [-0.2, -0.15) is 0 Å². The van der Waals surface area contributed by atoms with Crippen molar-refractivity contribution in [3.8, 4) is 11.1 Å².